The van der Waals surface area contributed by atoms with Gasteiger partial charge in [-0.1, -0.05) is 52.3 Å². The quantitative estimate of drug-likeness (QED) is 0.651. The van der Waals surface area contributed by atoms with Gasteiger partial charge in [-0.3, -0.25) is 0 Å². The number of hydrogen-bond acceptors (Lipinski definition) is 0. The Morgan fingerprint density at radius 3 is 2.40 bits per heavy atom. The number of aryl methyl sites for hydroxylation is 2. The molecule has 0 amide bonds. The number of unbranched alkanes of at least 4 members (excludes halogenated alkanes) is 1. The zero-order valence-electron chi connectivity index (χ0n) is 10.6. The highest BCUT2D eigenvalue weighted by molar-refractivity contribution is 5.34. The summed E-state index contributed by atoms with van der Waals surface area (Å²) in [6.45, 7) is 9.08. The molecule has 0 heteroatoms. The second-order valence-corrected chi connectivity index (χ2v) is 4.64. The van der Waals surface area contributed by atoms with E-state index in [-0.39, 0.29) is 0 Å². The van der Waals surface area contributed by atoms with E-state index in [1.807, 2.05) is 0 Å². The Morgan fingerprint density at radius 2 is 1.87 bits per heavy atom. The molecule has 0 saturated carbocycles. The number of benzene rings is 1. The SMILES string of the molecule is CCCCc1ccc(CC)c(C(C)C)c1. The Bertz CT molecular complexity index is 297. The molecule has 0 spiro atoms. The first-order chi connectivity index (χ1) is 7.19. The fraction of sp³-hybridized carbons (Fsp3) is 0.600. The van der Waals surface area contributed by atoms with E-state index in [9.17, 15) is 0 Å². The van der Waals surface area contributed by atoms with Gasteiger partial charge in [0, 0.05) is 0 Å². The van der Waals surface area contributed by atoms with Crippen molar-refractivity contribution in [3.8, 4) is 0 Å². The molecule has 1 rings (SSSR count). The molecule has 84 valence electrons. The highest BCUT2D eigenvalue weighted by atomic mass is 14.1. The van der Waals surface area contributed by atoms with Crippen LogP contribution in [0.15, 0.2) is 18.2 Å². The van der Waals surface area contributed by atoms with E-state index in [0.29, 0.717) is 5.92 Å². The van der Waals surface area contributed by atoms with Crippen LogP contribution in [0.2, 0.25) is 0 Å². The molecule has 0 saturated heterocycles. The Labute approximate surface area is 94.7 Å². The van der Waals surface area contributed by atoms with Crippen molar-refractivity contribution < 1.29 is 0 Å². The van der Waals surface area contributed by atoms with Crippen LogP contribution in [-0.4, -0.2) is 0 Å². The molecule has 1 aromatic rings. The highest BCUT2D eigenvalue weighted by Gasteiger charge is 2.06. The van der Waals surface area contributed by atoms with E-state index in [1.54, 1.807) is 5.56 Å². The average Bonchev–Trinajstić information content (AvgIpc) is 2.25. The van der Waals surface area contributed by atoms with Crippen molar-refractivity contribution in [2.24, 2.45) is 0 Å². The summed E-state index contributed by atoms with van der Waals surface area (Å²) in [5, 5.41) is 0. The summed E-state index contributed by atoms with van der Waals surface area (Å²) in [5.74, 6) is 0.654. The lowest BCUT2D eigenvalue weighted by atomic mass is 9.92. The van der Waals surface area contributed by atoms with Crippen LogP contribution in [-0.2, 0) is 12.8 Å². The molecule has 0 heterocycles. The Balaban J connectivity index is 2.89. The third-order valence-electron chi connectivity index (χ3n) is 3.03. The zero-order chi connectivity index (χ0) is 11.3. The Hall–Kier alpha value is -0.780. The van der Waals surface area contributed by atoms with Gasteiger partial charge in [0.2, 0.25) is 0 Å². The normalized spacial score (nSPS) is 11.0. The predicted octanol–water partition coefficient (Wildman–Crippen LogP) is 4.72. The molecule has 0 fully saturated rings. The Morgan fingerprint density at radius 1 is 1.13 bits per heavy atom. The summed E-state index contributed by atoms with van der Waals surface area (Å²) in [7, 11) is 0. The van der Waals surface area contributed by atoms with Gasteiger partial charge in [-0.15, -0.1) is 0 Å². The minimum absolute atomic E-state index is 0.654. The first-order valence-electron chi connectivity index (χ1n) is 6.30. The summed E-state index contributed by atoms with van der Waals surface area (Å²) >= 11 is 0. The van der Waals surface area contributed by atoms with E-state index in [1.165, 1.54) is 30.4 Å². The summed E-state index contributed by atoms with van der Waals surface area (Å²) in [5.41, 5.74) is 4.58. The van der Waals surface area contributed by atoms with Gasteiger partial charge in [0.15, 0.2) is 0 Å². The smallest absolute Gasteiger partial charge is 0.0216 e. The van der Waals surface area contributed by atoms with Crippen LogP contribution in [0.1, 0.15) is 63.1 Å². The van der Waals surface area contributed by atoms with Gasteiger partial charge in [-0.05, 0) is 41.9 Å². The van der Waals surface area contributed by atoms with Crippen molar-refractivity contribution in [3.63, 3.8) is 0 Å². The van der Waals surface area contributed by atoms with Crippen LogP contribution in [0.3, 0.4) is 0 Å². The van der Waals surface area contributed by atoms with Gasteiger partial charge < -0.3 is 0 Å². The van der Waals surface area contributed by atoms with Crippen LogP contribution in [0.5, 0.6) is 0 Å². The standard InChI is InChI=1S/C15H24/c1-5-7-8-13-9-10-14(6-2)15(11-13)12(3)4/h9-12H,5-8H2,1-4H3. The van der Waals surface area contributed by atoms with Gasteiger partial charge in [-0.25, -0.2) is 0 Å². The van der Waals surface area contributed by atoms with Crippen molar-refractivity contribution >= 4 is 0 Å². The van der Waals surface area contributed by atoms with E-state index in [2.05, 4.69) is 45.9 Å². The summed E-state index contributed by atoms with van der Waals surface area (Å²) in [6.07, 6.45) is 4.98. The van der Waals surface area contributed by atoms with Crippen molar-refractivity contribution in [2.75, 3.05) is 0 Å². The second kappa shape index (κ2) is 5.95. The van der Waals surface area contributed by atoms with Gasteiger partial charge in [0.25, 0.3) is 0 Å². The molecule has 0 aliphatic heterocycles. The maximum Gasteiger partial charge on any atom is -0.0216 e. The van der Waals surface area contributed by atoms with E-state index in [0.717, 1.165) is 6.42 Å². The molecule has 0 bridgehead atoms. The van der Waals surface area contributed by atoms with Crippen LogP contribution in [0.4, 0.5) is 0 Å². The summed E-state index contributed by atoms with van der Waals surface area (Å²) < 4.78 is 0. The molecular formula is C15H24. The number of rotatable bonds is 5. The molecule has 0 nitrogen and oxygen atoms in total. The van der Waals surface area contributed by atoms with Crippen LogP contribution >= 0.6 is 0 Å². The van der Waals surface area contributed by atoms with E-state index in [4.69, 9.17) is 0 Å². The third-order valence-corrected chi connectivity index (χ3v) is 3.03. The molecule has 15 heavy (non-hydrogen) atoms. The molecule has 0 aliphatic rings. The topological polar surface area (TPSA) is 0 Å². The maximum atomic E-state index is 2.42. The average molecular weight is 204 g/mol. The van der Waals surface area contributed by atoms with Crippen LogP contribution in [0, 0.1) is 0 Å². The van der Waals surface area contributed by atoms with Gasteiger partial charge >= 0.3 is 0 Å². The van der Waals surface area contributed by atoms with Gasteiger partial charge in [-0.2, -0.15) is 0 Å². The fourth-order valence-corrected chi connectivity index (χ4v) is 2.04. The zero-order valence-corrected chi connectivity index (χ0v) is 10.6. The lowest BCUT2D eigenvalue weighted by Gasteiger charge is -2.13. The summed E-state index contributed by atoms with van der Waals surface area (Å²) in [4.78, 5) is 0. The maximum absolute atomic E-state index is 2.42. The molecule has 1 aromatic carbocycles. The molecule has 0 aliphatic carbocycles. The molecule has 0 N–H and O–H groups in total. The van der Waals surface area contributed by atoms with E-state index >= 15 is 0 Å². The first-order valence-corrected chi connectivity index (χ1v) is 6.30. The third kappa shape index (κ3) is 3.37. The van der Waals surface area contributed by atoms with Crippen molar-refractivity contribution in [1.82, 2.24) is 0 Å². The molecule has 0 unspecified atom stereocenters. The largest absolute Gasteiger partial charge is 0.0654 e. The molecule has 0 atom stereocenters. The highest BCUT2D eigenvalue weighted by Crippen LogP contribution is 2.22. The van der Waals surface area contributed by atoms with Crippen molar-refractivity contribution in [1.29, 1.82) is 0 Å². The minimum Gasteiger partial charge on any atom is -0.0654 e. The van der Waals surface area contributed by atoms with Crippen molar-refractivity contribution in [2.45, 2.75) is 59.3 Å². The van der Waals surface area contributed by atoms with Crippen molar-refractivity contribution in [3.05, 3.63) is 34.9 Å². The van der Waals surface area contributed by atoms with E-state index < -0.39 is 0 Å². The van der Waals surface area contributed by atoms with Crippen LogP contribution in [0.25, 0.3) is 0 Å². The summed E-state index contributed by atoms with van der Waals surface area (Å²) in [6, 6.07) is 7.04. The Kier molecular flexibility index (Phi) is 4.87. The second-order valence-electron chi connectivity index (χ2n) is 4.64. The van der Waals surface area contributed by atoms with Crippen LogP contribution < -0.4 is 0 Å². The molecular weight excluding hydrogens is 180 g/mol. The lowest BCUT2D eigenvalue weighted by molar-refractivity contribution is 0.786. The fourth-order valence-electron chi connectivity index (χ4n) is 2.04. The predicted molar refractivity (Wildman–Crippen MR) is 68.5 cm³/mol. The monoisotopic (exact) mass is 204 g/mol. The molecule has 0 aromatic heterocycles. The molecule has 0 radical (unpaired) electrons. The number of hydrogen-bond donors (Lipinski definition) is 0. The first kappa shape index (κ1) is 12.3. The van der Waals surface area contributed by atoms with Gasteiger partial charge in [0.1, 0.15) is 0 Å². The van der Waals surface area contributed by atoms with Gasteiger partial charge in [0.05, 0.1) is 0 Å². The lowest BCUT2D eigenvalue weighted by Crippen LogP contribution is -1.97. The minimum atomic E-state index is 0.654.